The van der Waals surface area contributed by atoms with E-state index in [4.69, 9.17) is 34.8 Å². The Balaban J connectivity index is 2.11. The van der Waals surface area contributed by atoms with Gasteiger partial charge in [-0.05, 0) is 41.3 Å². The molecular formula is C18H18Cl3NO. The van der Waals surface area contributed by atoms with Crippen molar-refractivity contribution in [3.63, 3.8) is 0 Å². The van der Waals surface area contributed by atoms with Crippen molar-refractivity contribution < 1.29 is 4.79 Å². The van der Waals surface area contributed by atoms with E-state index in [0.717, 1.165) is 11.1 Å². The number of benzene rings is 2. The first kappa shape index (κ1) is 18.1. The number of hydrogen-bond acceptors (Lipinski definition) is 1. The third kappa shape index (κ3) is 4.87. The minimum atomic E-state index is -0.238. The molecule has 122 valence electrons. The van der Waals surface area contributed by atoms with E-state index >= 15 is 0 Å². The van der Waals surface area contributed by atoms with Crippen molar-refractivity contribution in [3.05, 3.63) is 68.7 Å². The zero-order valence-corrected chi connectivity index (χ0v) is 15.2. The minimum absolute atomic E-state index is 0.0339. The minimum Gasteiger partial charge on any atom is -0.351 e. The van der Waals surface area contributed by atoms with Gasteiger partial charge >= 0.3 is 0 Å². The number of carbonyl (C=O) groups is 1. The predicted molar refractivity (Wildman–Crippen MR) is 97.3 cm³/mol. The number of amides is 1. The highest BCUT2D eigenvalue weighted by Gasteiger charge is 2.24. The number of rotatable bonds is 5. The summed E-state index contributed by atoms with van der Waals surface area (Å²) >= 11 is 17.9. The van der Waals surface area contributed by atoms with Gasteiger partial charge in [0.05, 0.1) is 5.92 Å². The van der Waals surface area contributed by atoms with Gasteiger partial charge in [0, 0.05) is 21.6 Å². The molecule has 23 heavy (non-hydrogen) atoms. The van der Waals surface area contributed by atoms with Crippen molar-refractivity contribution in [2.24, 2.45) is 5.92 Å². The van der Waals surface area contributed by atoms with E-state index in [9.17, 15) is 4.79 Å². The van der Waals surface area contributed by atoms with Gasteiger partial charge in [0.25, 0.3) is 0 Å². The number of halogens is 3. The molecular weight excluding hydrogens is 353 g/mol. The van der Waals surface area contributed by atoms with Crippen molar-refractivity contribution in [2.45, 2.75) is 26.3 Å². The van der Waals surface area contributed by atoms with Crippen molar-refractivity contribution in [1.82, 2.24) is 5.32 Å². The van der Waals surface area contributed by atoms with Crippen molar-refractivity contribution in [3.8, 4) is 0 Å². The summed E-state index contributed by atoms with van der Waals surface area (Å²) in [4.78, 5) is 12.6. The van der Waals surface area contributed by atoms with Gasteiger partial charge in [-0.25, -0.2) is 0 Å². The molecule has 1 atom stereocenters. The smallest absolute Gasteiger partial charge is 0.228 e. The van der Waals surface area contributed by atoms with Crippen LogP contribution in [0.1, 0.15) is 30.9 Å². The van der Waals surface area contributed by atoms with E-state index in [2.05, 4.69) is 5.32 Å². The monoisotopic (exact) mass is 369 g/mol. The quantitative estimate of drug-likeness (QED) is 0.718. The Bertz CT molecular complexity index is 683. The second-order valence-electron chi connectivity index (χ2n) is 5.73. The Kier molecular flexibility index (Phi) is 6.34. The van der Waals surface area contributed by atoms with E-state index in [1.165, 1.54) is 0 Å². The van der Waals surface area contributed by atoms with E-state index in [1.54, 1.807) is 24.3 Å². The van der Waals surface area contributed by atoms with Gasteiger partial charge in [0.1, 0.15) is 0 Å². The third-order valence-electron chi connectivity index (χ3n) is 3.65. The Labute approximate surface area is 151 Å². The second kappa shape index (κ2) is 8.05. The zero-order chi connectivity index (χ0) is 17.0. The Hall–Kier alpha value is -1.22. The number of hydrogen-bond donors (Lipinski definition) is 1. The van der Waals surface area contributed by atoms with Crippen LogP contribution in [0.25, 0.3) is 0 Å². The van der Waals surface area contributed by atoms with Crippen LogP contribution >= 0.6 is 34.8 Å². The fraction of sp³-hybridized carbons (Fsp3) is 0.278. The molecule has 0 aliphatic heterocycles. The largest absolute Gasteiger partial charge is 0.351 e. The molecule has 2 rings (SSSR count). The first-order valence-corrected chi connectivity index (χ1v) is 8.49. The summed E-state index contributed by atoms with van der Waals surface area (Å²) in [5.41, 5.74) is 1.78. The second-order valence-corrected chi connectivity index (χ2v) is 7.01. The Morgan fingerprint density at radius 1 is 1.00 bits per heavy atom. The molecule has 0 unspecified atom stereocenters. The molecule has 0 saturated carbocycles. The van der Waals surface area contributed by atoms with Crippen LogP contribution in [0.3, 0.4) is 0 Å². The van der Waals surface area contributed by atoms with Gasteiger partial charge in [-0.15, -0.1) is 0 Å². The van der Waals surface area contributed by atoms with Crippen molar-refractivity contribution in [2.75, 3.05) is 0 Å². The van der Waals surface area contributed by atoms with Crippen molar-refractivity contribution in [1.29, 1.82) is 0 Å². The normalized spacial score (nSPS) is 12.3. The number of carbonyl (C=O) groups excluding carboxylic acids is 1. The van der Waals surface area contributed by atoms with E-state index < -0.39 is 0 Å². The molecule has 0 aliphatic rings. The highest BCUT2D eigenvalue weighted by Crippen LogP contribution is 2.26. The fourth-order valence-corrected chi connectivity index (χ4v) is 3.07. The lowest BCUT2D eigenvalue weighted by Crippen LogP contribution is -2.31. The summed E-state index contributed by atoms with van der Waals surface area (Å²) in [6, 6.07) is 12.6. The van der Waals surface area contributed by atoms with Gasteiger partial charge in [0.2, 0.25) is 5.91 Å². The lowest BCUT2D eigenvalue weighted by Gasteiger charge is -2.21. The molecule has 0 saturated heterocycles. The van der Waals surface area contributed by atoms with Gasteiger partial charge in [-0.3, -0.25) is 4.79 Å². The van der Waals surface area contributed by atoms with Crippen LogP contribution in [0.2, 0.25) is 15.1 Å². The standard InChI is InChI=1S/C18H18Cl3NO/c1-11(2)17(12-3-6-14(19)7-4-12)18(23)22-10-13-5-8-15(20)9-16(13)21/h3-9,11,17H,10H2,1-2H3,(H,22,23)/t17-/m0/s1. The van der Waals surface area contributed by atoms with Crippen molar-refractivity contribution >= 4 is 40.7 Å². The van der Waals surface area contributed by atoms with Crippen LogP contribution in [0.5, 0.6) is 0 Å². The summed E-state index contributed by atoms with van der Waals surface area (Å²) in [6.45, 7) is 4.41. The third-order valence-corrected chi connectivity index (χ3v) is 4.49. The molecule has 0 radical (unpaired) electrons. The molecule has 2 aromatic carbocycles. The summed E-state index contributed by atoms with van der Waals surface area (Å²) in [5, 5.41) is 4.73. The highest BCUT2D eigenvalue weighted by atomic mass is 35.5. The maximum atomic E-state index is 12.6. The lowest BCUT2D eigenvalue weighted by molar-refractivity contribution is -0.123. The molecule has 0 aromatic heterocycles. The fourth-order valence-electron chi connectivity index (χ4n) is 2.47. The first-order valence-electron chi connectivity index (χ1n) is 7.35. The molecule has 1 N–H and O–H groups in total. The molecule has 2 aromatic rings. The van der Waals surface area contributed by atoms with Gasteiger partial charge in [0.15, 0.2) is 0 Å². The van der Waals surface area contributed by atoms with Gasteiger partial charge < -0.3 is 5.32 Å². The highest BCUT2D eigenvalue weighted by molar-refractivity contribution is 6.35. The molecule has 5 heteroatoms. The first-order chi connectivity index (χ1) is 10.9. The Morgan fingerprint density at radius 3 is 2.17 bits per heavy atom. The molecule has 0 heterocycles. The topological polar surface area (TPSA) is 29.1 Å². The maximum Gasteiger partial charge on any atom is 0.228 e. The van der Waals surface area contributed by atoms with Gasteiger partial charge in [-0.1, -0.05) is 66.8 Å². The average Bonchev–Trinajstić information content (AvgIpc) is 2.48. The summed E-state index contributed by atoms with van der Waals surface area (Å²) in [7, 11) is 0. The van der Waals surface area contributed by atoms with E-state index in [0.29, 0.717) is 21.6 Å². The molecule has 0 fully saturated rings. The summed E-state index contributed by atoms with van der Waals surface area (Å²) in [5.74, 6) is -0.108. The number of nitrogens with one attached hydrogen (secondary N) is 1. The van der Waals surface area contributed by atoms with E-state index in [-0.39, 0.29) is 17.7 Å². The summed E-state index contributed by atoms with van der Waals surface area (Å²) in [6.07, 6.45) is 0. The SMILES string of the molecule is CC(C)[C@H](C(=O)NCc1ccc(Cl)cc1Cl)c1ccc(Cl)cc1. The Morgan fingerprint density at radius 2 is 1.61 bits per heavy atom. The maximum absolute atomic E-state index is 12.6. The van der Waals surface area contributed by atoms with Crippen LogP contribution < -0.4 is 5.32 Å². The van der Waals surface area contributed by atoms with E-state index in [1.807, 2.05) is 32.0 Å². The molecule has 1 amide bonds. The molecule has 0 aliphatic carbocycles. The van der Waals surface area contributed by atoms with Crippen LogP contribution in [-0.4, -0.2) is 5.91 Å². The van der Waals surface area contributed by atoms with Gasteiger partial charge in [-0.2, -0.15) is 0 Å². The van der Waals surface area contributed by atoms with Crippen LogP contribution in [0, 0.1) is 5.92 Å². The van der Waals surface area contributed by atoms with Crippen LogP contribution in [-0.2, 0) is 11.3 Å². The molecule has 2 nitrogen and oxygen atoms in total. The summed E-state index contributed by atoms with van der Waals surface area (Å²) < 4.78 is 0. The zero-order valence-electron chi connectivity index (χ0n) is 12.9. The molecule has 0 bridgehead atoms. The predicted octanol–water partition coefficient (Wildman–Crippen LogP) is 5.70. The lowest BCUT2D eigenvalue weighted by atomic mass is 9.87. The molecule has 0 spiro atoms. The van der Waals surface area contributed by atoms with Crippen LogP contribution in [0.4, 0.5) is 0 Å². The average molecular weight is 371 g/mol. The van der Waals surface area contributed by atoms with Crippen LogP contribution in [0.15, 0.2) is 42.5 Å².